The lowest BCUT2D eigenvalue weighted by Crippen LogP contribution is -2.62. The molecule has 2 saturated heterocycles. The van der Waals surface area contributed by atoms with E-state index in [4.69, 9.17) is 10.5 Å². The summed E-state index contributed by atoms with van der Waals surface area (Å²) in [6.45, 7) is 0. The summed E-state index contributed by atoms with van der Waals surface area (Å²) in [5.41, 5.74) is 6.43. The average Bonchev–Trinajstić information content (AvgIpc) is 3.76. The number of rotatable bonds is 10. The third kappa shape index (κ3) is 7.40. The van der Waals surface area contributed by atoms with Gasteiger partial charge in [-0.1, -0.05) is 66.7 Å². The third-order valence-electron chi connectivity index (χ3n) is 10.5. The minimum absolute atomic E-state index is 0.0236. The lowest BCUT2D eigenvalue weighted by Gasteiger charge is -2.42. The number of nitrogens with two attached hydrogens (primary N) is 1. The quantitative estimate of drug-likeness (QED) is 0.131. The predicted octanol–water partition coefficient (Wildman–Crippen LogP) is 7.48. The molecule has 2 N–H and O–H groups in total. The minimum Gasteiger partial charge on any atom is -0.490 e. The second kappa shape index (κ2) is 14.6. The molecule has 1 aliphatic carbocycles. The number of nitrogens with zero attached hydrogens (tertiary/aromatic N) is 2. The molecule has 1 amide bonds. The molecule has 2 unspecified atom stereocenters. The van der Waals surface area contributed by atoms with Gasteiger partial charge in [0.05, 0.1) is 11.0 Å². The first-order valence-electron chi connectivity index (χ1n) is 17.8. The van der Waals surface area contributed by atoms with Gasteiger partial charge < -0.3 is 20.2 Å². The van der Waals surface area contributed by atoms with Crippen LogP contribution in [-0.2, 0) is 30.4 Å². The van der Waals surface area contributed by atoms with Crippen molar-refractivity contribution in [1.29, 1.82) is 0 Å². The highest BCUT2D eigenvalue weighted by atomic mass is 32.2. The van der Waals surface area contributed by atoms with Crippen LogP contribution in [-0.4, -0.2) is 66.1 Å². The van der Waals surface area contributed by atoms with Gasteiger partial charge in [0, 0.05) is 23.7 Å². The van der Waals surface area contributed by atoms with Gasteiger partial charge in [-0.25, -0.2) is 13.2 Å². The Hall–Kier alpha value is -4.60. The van der Waals surface area contributed by atoms with E-state index in [1.807, 2.05) is 0 Å². The summed E-state index contributed by atoms with van der Waals surface area (Å²) >= 11 is 0. The standard InChI is InChI=1S/C39H38F5N3O6S/c40-38(41,28-14-10-25(11-15-28)24-6-2-1-3-7-24)35(36(48)46-30-16-17-31(46)23-29(45)22-30)47(53-37(49)39(42,43)44)54(50,51)34-19-13-26-20-33(18-12-27(26)21-34)52-32-8-4-5-9-32/h1-3,6-7,10-15,18-21,29-32,35H,4-5,8-9,16-17,22-23,45H2/t29?,30?,31?,35-/m1/s1. The second-order valence-corrected chi connectivity index (χ2v) is 15.9. The number of carbonyl (C=O) groups is 2. The third-order valence-corrected chi connectivity index (χ3v) is 12.1. The Kier molecular flexibility index (Phi) is 10.2. The molecule has 2 heterocycles. The van der Waals surface area contributed by atoms with Gasteiger partial charge >= 0.3 is 18.1 Å². The van der Waals surface area contributed by atoms with Gasteiger partial charge in [0.25, 0.3) is 15.9 Å². The van der Waals surface area contributed by atoms with Gasteiger partial charge in [0.2, 0.25) is 6.04 Å². The Bertz CT molecular complexity index is 2110. The van der Waals surface area contributed by atoms with Crippen LogP contribution in [0.3, 0.4) is 0 Å². The maximum Gasteiger partial charge on any atom is 0.492 e. The summed E-state index contributed by atoms with van der Waals surface area (Å²) in [6.07, 6.45) is -0.825. The monoisotopic (exact) mass is 771 g/mol. The highest BCUT2D eigenvalue weighted by molar-refractivity contribution is 7.89. The lowest BCUT2D eigenvalue weighted by molar-refractivity contribution is -0.240. The summed E-state index contributed by atoms with van der Waals surface area (Å²) in [6, 6.07) is 16.4. The molecular weight excluding hydrogens is 734 g/mol. The highest BCUT2D eigenvalue weighted by Crippen LogP contribution is 2.43. The number of alkyl halides is 5. The normalized spacial score (nSPS) is 21.4. The summed E-state index contributed by atoms with van der Waals surface area (Å²) in [5.74, 6) is -8.63. The van der Waals surface area contributed by atoms with Crippen molar-refractivity contribution >= 4 is 32.7 Å². The van der Waals surface area contributed by atoms with Crippen molar-refractivity contribution in [2.75, 3.05) is 0 Å². The van der Waals surface area contributed by atoms with E-state index in [0.29, 0.717) is 35.1 Å². The van der Waals surface area contributed by atoms with Crippen molar-refractivity contribution in [3.05, 3.63) is 96.6 Å². The average molecular weight is 772 g/mol. The zero-order valence-corrected chi connectivity index (χ0v) is 29.7. The van der Waals surface area contributed by atoms with E-state index < -0.39 is 67.1 Å². The first-order chi connectivity index (χ1) is 25.6. The van der Waals surface area contributed by atoms with Crippen molar-refractivity contribution in [2.45, 2.75) is 98.6 Å². The van der Waals surface area contributed by atoms with Crippen LogP contribution >= 0.6 is 0 Å². The summed E-state index contributed by atoms with van der Waals surface area (Å²) in [4.78, 5) is 31.7. The summed E-state index contributed by atoms with van der Waals surface area (Å²) < 4.78 is 110. The van der Waals surface area contributed by atoms with E-state index in [2.05, 4.69) is 4.84 Å². The smallest absolute Gasteiger partial charge is 0.490 e. The molecule has 1 saturated carbocycles. The highest BCUT2D eigenvalue weighted by Gasteiger charge is 2.60. The Morgan fingerprint density at radius 3 is 2.00 bits per heavy atom. The number of halogens is 5. The first-order valence-corrected chi connectivity index (χ1v) is 19.2. The van der Waals surface area contributed by atoms with Crippen LogP contribution in [0.2, 0.25) is 0 Å². The van der Waals surface area contributed by atoms with Gasteiger partial charge in [-0.15, -0.1) is 0 Å². The Morgan fingerprint density at radius 1 is 0.778 bits per heavy atom. The molecule has 3 fully saturated rings. The molecule has 2 aliphatic heterocycles. The molecule has 0 aromatic heterocycles. The summed E-state index contributed by atoms with van der Waals surface area (Å²) in [7, 11) is -5.62. The van der Waals surface area contributed by atoms with E-state index >= 15 is 8.78 Å². The van der Waals surface area contributed by atoms with Crippen LogP contribution in [0.1, 0.15) is 56.9 Å². The Balaban J connectivity index is 1.33. The maximum absolute atomic E-state index is 17.2. The fraction of sp³-hybridized carbons (Fsp3) is 0.385. The molecule has 54 heavy (non-hydrogen) atoms. The van der Waals surface area contributed by atoms with Crippen LogP contribution < -0.4 is 10.5 Å². The van der Waals surface area contributed by atoms with Crippen LogP contribution in [0.25, 0.3) is 21.9 Å². The van der Waals surface area contributed by atoms with Gasteiger partial charge in [-0.2, -0.15) is 22.0 Å². The van der Waals surface area contributed by atoms with E-state index in [1.54, 1.807) is 42.5 Å². The molecule has 3 atom stereocenters. The topological polar surface area (TPSA) is 119 Å². The number of fused-ring (bicyclic) bond motifs is 3. The Labute approximate surface area is 308 Å². The second-order valence-electron chi connectivity index (χ2n) is 14.2. The fourth-order valence-electron chi connectivity index (χ4n) is 7.88. The number of piperidine rings is 1. The molecule has 286 valence electrons. The Morgan fingerprint density at radius 2 is 1.37 bits per heavy atom. The van der Waals surface area contributed by atoms with Crippen LogP contribution in [0, 0.1) is 0 Å². The van der Waals surface area contributed by atoms with Gasteiger partial charge in [0.15, 0.2) is 0 Å². The van der Waals surface area contributed by atoms with Crippen molar-refractivity contribution in [2.24, 2.45) is 5.73 Å². The molecule has 3 aliphatic rings. The lowest BCUT2D eigenvalue weighted by atomic mass is 9.94. The molecular formula is C39H38F5N3O6S. The van der Waals surface area contributed by atoms with Gasteiger partial charge in [0.1, 0.15) is 5.75 Å². The van der Waals surface area contributed by atoms with Gasteiger partial charge in [-0.3, -0.25) is 4.79 Å². The van der Waals surface area contributed by atoms with Crippen molar-refractivity contribution in [1.82, 2.24) is 9.37 Å². The number of sulfonamides is 1. The number of amides is 1. The molecule has 4 aromatic carbocycles. The summed E-state index contributed by atoms with van der Waals surface area (Å²) in [5, 5.41) is 0.757. The molecule has 0 spiro atoms. The molecule has 2 bridgehead atoms. The zero-order valence-electron chi connectivity index (χ0n) is 28.9. The maximum atomic E-state index is 17.2. The van der Waals surface area contributed by atoms with Crippen LogP contribution in [0.5, 0.6) is 5.75 Å². The zero-order chi connectivity index (χ0) is 38.4. The minimum atomic E-state index is -5.82. The van der Waals surface area contributed by atoms with E-state index in [1.165, 1.54) is 24.3 Å². The van der Waals surface area contributed by atoms with E-state index in [9.17, 15) is 31.2 Å². The number of ether oxygens (including phenoxy) is 1. The molecule has 9 nitrogen and oxygen atoms in total. The predicted molar refractivity (Wildman–Crippen MR) is 188 cm³/mol. The largest absolute Gasteiger partial charge is 0.492 e. The molecule has 15 heteroatoms. The van der Waals surface area contributed by atoms with Crippen LogP contribution in [0.15, 0.2) is 95.9 Å². The number of hydroxylamine groups is 1. The number of hydrogen-bond donors (Lipinski definition) is 1. The number of hydrogen-bond acceptors (Lipinski definition) is 7. The van der Waals surface area contributed by atoms with Crippen molar-refractivity contribution in [3.63, 3.8) is 0 Å². The van der Waals surface area contributed by atoms with Crippen molar-refractivity contribution in [3.8, 4) is 16.9 Å². The fourth-order valence-corrected chi connectivity index (χ4v) is 9.27. The molecule has 4 aromatic rings. The van der Waals surface area contributed by atoms with Gasteiger partial charge in [-0.05, 0) is 102 Å². The first kappa shape index (κ1) is 37.7. The number of carbonyl (C=O) groups excluding carboxylic acids is 2. The van der Waals surface area contributed by atoms with Crippen LogP contribution in [0.4, 0.5) is 22.0 Å². The number of benzene rings is 4. The van der Waals surface area contributed by atoms with E-state index in [-0.39, 0.29) is 30.4 Å². The SMILES string of the molecule is NC1CC2CCC(C1)N2C(=O)[C@@H](N(OC(=O)C(F)(F)F)S(=O)(=O)c1ccc2cc(OC3CCCC3)ccc2c1)C(F)(F)c1ccc(-c2ccccc2)cc1. The molecule has 0 radical (unpaired) electrons. The molecule has 7 rings (SSSR count). The van der Waals surface area contributed by atoms with Crippen molar-refractivity contribution < 1.29 is 49.5 Å². The van der Waals surface area contributed by atoms with E-state index in [0.717, 1.165) is 54.8 Å².